The van der Waals surface area contributed by atoms with Crippen LogP contribution in [-0.2, 0) is 0 Å². The van der Waals surface area contributed by atoms with Crippen LogP contribution >= 0.6 is 11.3 Å². The van der Waals surface area contributed by atoms with Crippen molar-refractivity contribution in [2.24, 2.45) is 11.7 Å². The number of nitrogens with two attached hydrogens (primary N) is 1. The Morgan fingerprint density at radius 3 is 2.93 bits per heavy atom. The second-order valence-electron chi connectivity index (χ2n) is 4.50. The maximum atomic E-state index is 12.0. The summed E-state index contributed by atoms with van der Waals surface area (Å²) in [4.78, 5) is 12.9. The van der Waals surface area contributed by atoms with E-state index in [0.29, 0.717) is 24.2 Å². The highest BCUT2D eigenvalue weighted by Gasteiger charge is 2.25. The van der Waals surface area contributed by atoms with Crippen molar-refractivity contribution in [3.05, 3.63) is 21.9 Å². The third-order valence-electron chi connectivity index (χ3n) is 3.17. The second kappa shape index (κ2) is 4.45. The summed E-state index contributed by atoms with van der Waals surface area (Å²) >= 11 is 1.56. The van der Waals surface area contributed by atoms with Gasteiger partial charge >= 0.3 is 0 Å². The molecule has 0 aliphatic heterocycles. The Morgan fingerprint density at radius 2 is 2.40 bits per heavy atom. The van der Waals surface area contributed by atoms with Crippen LogP contribution in [0.3, 0.4) is 0 Å². The van der Waals surface area contributed by atoms with E-state index in [2.05, 4.69) is 0 Å². The zero-order valence-electron chi connectivity index (χ0n) is 9.03. The Hall–Kier alpha value is -0.670. The summed E-state index contributed by atoms with van der Waals surface area (Å²) < 4.78 is 0. The zero-order valence-corrected chi connectivity index (χ0v) is 9.85. The van der Waals surface area contributed by atoms with Gasteiger partial charge in [-0.05, 0) is 49.1 Å². The Balaban J connectivity index is 1.96. The smallest absolute Gasteiger partial charge is 0.173 e. The average Bonchev–Trinajstić information content (AvgIpc) is 2.75. The van der Waals surface area contributed by atoms with Crippen molar-refractivity contribution in [3.8, 4) is 0 Å². The Morgan fingerprint density at radius 1 is 1.60 bits per heavy atom. The molecule has 1 aromatic rings. The standard InChI is InChI=1S/C12H17NOS/c1-8-4-5-15-12(8)11(14)7-9-2-3-10(13)6-9/h4-5,9-10H,2-3,6-7,13H2,1H3. The topological polar surface area (TPSA) is 43.1 Å². The number of thiophene rings is 1. The summed E-state index contributed by atoms with van der Waals surface area (Å²) in [5, 5.41) is 1.99. The summed E-state index contributed by atoms with van der Waals surface area (Å²) in [6, 6.07) is 2.34. The molecule has 1 aliphatic carbocycles. The van der Waals surface area contributed by atoms with Gasteiger partial charge in [-0.25, -0.2) is 0 Å². The van der Waals surface area contributed by atoms with Gasteiger partial charge in [0, 0.05) is 12.5 Å². The van der Waals surface area contributed by atoms with Crippen LogP contribution in [-0.4, -0.2) is 11.8 Å². The summed E-state index contributed by atoms with van der Waals surface area (Å²) in [7, 11) is 0. The van der Waals surface area contributed by atoms with Gasteiger partial charge in [-0.2, -0.15) is 0 Å². The van der Waals surface area contributed by atoms with Crippen LogP contribution in [0.5, 0.6) is 0 Å². The van der Waals surface area contributed by atoms with Gasteiger partial charge in [-0.1, -0.05) is 0 Å². The third kappa shape index (κ3) is 2.47. The molecular formula is C12H17NOS. The van der Waals surface area contributed by atoms with Gasteiger partial charge in [-0.3, -0.25) is 4.79 Å². The third-order valence-corrected chi connectivity index (χ3v) is 4.23. The molecule has 15 heavy (non-hydrogen) atoms. The quantitative estimate of drug-likeness (QED) is 0.801. The van der Waals surface area contributed by atoms with Crippen molar-refractivity contribution in [3.63, 3.8) is 0 Å². The van der Waals surface area contributed by atoms with Gasteiger partial charge in [0.05, 0.1) is 4.88 Å². The van der Waals surface area contributed by atoms with Crippen LogP contribution < -0.4 is 5.73 Å². The monoisotopic (exact) mass is 223 g/mol. The fraction of sp³-hybridized carbons (Fsp3) is 0.583. The van der Waals surface area contributed by atoms with Crippen LogP contribution in [0.2, 0.25) is 0 Å². The fourth-order valence-corrected chi connectivity index (χ4v) is 3.19. The summed E-state index contributed by atoms with van der Waals surface area (Å²) in [6.45, 7) is 2.00. The van der Waals surface area contributed by atoms with E-state index in [1.807, 2.05) is 18.4 Å². The lowest BCUT2D eigenvalue weighted by Crippen LogP contribution is -2.15. The largest absolute Gasteiger partial charge is 0.328 e. The van der Waals surface area contributed by atoms with E-state index in [1.54, 1.807) is 11.3 Å². The van der Waals surface area contributed by atoms with Gasteiger partial charge in [0.25, 0.3) is 0 Å². The maximum Gasteiger partial charge on any atom is 0.173 e. The number of carbonyl (C=O) groups is 1. The minimum Gasteiger partial charge on any atom is -0.328 e. The average molecular weight is 223 g/mol. The van der Waals surface area contributed by atoms with Crippen molar-refractivity contribution in [1.82, 2.24) is 0 Å². The molecule has 2 N–H and O–H groups in total. The van der Waals surface area contributed by atoms with E-state index >= 15 is 0 Å². The van der Waals surface area contributed by atoms with Crippen molar-refractivity contribution in [2.75, 3.05) is 0 Å². The number of rotatable bonds is 3. The molecule has 0 amide bonds. The second-order valence-corrected chi connectivity index (χ2v) is 5.42. The molecule has 0 bridgehead atoms. The number of aryl methyl sites for hydroxylation is 1. The highest BCUT2D eigenvalue weighted by molar-refractivity contribution is 7.12. The lowest BCUT2D eigenvalue weighted by molar-refractivity contribution is 0.0965. The molecule has 2 unspecified atom stereocenters. The minimum absolute atomic E-state index is 0.307. The van der Waals surface area contributed by atoms with Crippen molar-refractivity contribution in [1.29, 1.82) is 0 Å². The molecule has 0 aromatic carbocycles. The van der Waals surface area contributed by atoms with Crippen molar-refractivity contribution < 1.29 is 4.79 Å². The van der Waals surface area contributed by atoms with E-state index in [0.717, 1.165) is 29.7 Å². The van der Waals surface area contributed by atoms with E-state index in [9.17, 15) is 4.79 Å². The van der Waals surface area contributed by atoms with Gasteiger partial charge in [0.15, 0.2) is 5.78 Å². The lowest BCUT2D eigenvalue weighted by atomic mass is 9.99. The summed E-state index contributed by atoms with van der Waals surface area (Å²) in [5.74, 6) is 0.829. The van der Waals surface area contributed by atoms with Gasteiger partial charge in [-0.15, -0.1) is 11.3 Å². The van der Waals surface area contributed by atoms with Crippen molar-refractivity contribution >= 4 is 17.1 Å². The van der Waals surface area contributed by atoms with Gasteiger partial charge < -0.3 is 5.73 Å². The predicted molar refractivity (Wildman–Crippen MR) is 63.3 cm³/mol. The molecular weight excluding hydrogens is 206 g/mol. The van der Waals surface area contributed by atoms with Crippen LogP contribution in [0.1, 0.15) is 40.9 Å². The van der Waals surface area contributed by atoms with Crippen LogP contribution in [0.4, 0.5) is 0 Å². The molecule has 0 spiro atoms. The molecule has 1 aliphatic rings. The van der Waals surface area contributed by atoms with E-state index in [4.69, 9.17) is 5.73 Å². The Labute approximate surface area is 94.5 Å². The molecule has 2 rings (SSSR count). The van der Waals surface area contributed by atoms with Crippen LogP contribution in [0, 0.1) is 12.8 Å². The van der Waals surface area contributed by atoms with Crippen LogP contribution in [0.25, 0.3) is 0 Å². The first kappa shape index (κ1) is 10.8. The highest BCUT2D eigenvalue weighted by atomic mass is 32.1. The normalized spacial score (nSPS) is 25.7. The zero-order chi connectivity index (χ0) is 10.8. The molecule has 0 saturated heterocycles. The highest BCUT2D eigenvalue weighted by Crippen LogP contribution is 2.29. The molecule has 1 aromatic heterocycles. The van der Waals surface area contributed by atoms with E-state index in [1.165, 1.54) is 0 Å². The number of hydrogen-bond acceptors (Lipinski definition) is 3. The molecule has 1 heterocycles. The van der Waals surface area contributed by atoms with E-state index in [-0.39, 0.29) is 0 Å². The first-order valence-electron chi connectivity index (χ1n) is 5.49. The van der Waals surface area contributed by atoms with Gasteiger partial charge in [0.1, 0.15) is 0 Å². The number of ketones is 1. The SMILES string of the molecule is Cc1ccsc1C(=O)CC1CCC(N)C1. The molecule has 1 saturated carbocycles. The number of Topliss-reactive ketones (excluding diaryl/α,β-unsaturated/α-hetero) is 1. The predicted octanol–water partition coefficient (Wildman–Crippen LogP) is 2.76. The molecule has 3 heteroatoms. The van der Waals surface area contributed by atoms with Crippen LogP contribution in [0.15, 0.2) is 11.4 Å². The number of carbonyl (C=O) groups excluding carboxylic acids is 1. The first-order valence-corrected chi connectivity index (χ1v) is 6.37. The molecule has 0 radical (unpaired) electrons. The summed E-state index contributed by atoms with van der Waals surface area (Å²) in [5.41, 5.74) is 6.96. The molecule has 2 atom stereocenters. The van der Waals surface area contributed by atoms with E-state index < -0.39 is 0 Å². The number of hydrogen-bond donors (Lipinski definition) is 1. The maximum absolute atomic E-state index is 12.0. The fourth-order valence-electron chi connectivity index (χ4n) is 2.31. The molecule has 1 fully saturated rings. The lowest BCUT2D eigenvalue weighted by Gasteiger charge is -2.07. The minimum atomic E-state index is 0.307. The molecule has 82 valence electrons. The Bertz CT molecular complexity index is 358. The van der Waals surface area contributed by atoms with Crippen molar-refractivity contribution in [2.45, 2.75) is 38.6 Å². The van der Waals surface area contributed by atoms with Gasteiger partial charge in [0.2, 0.25) is 0 Å². The first-order chi connectivity index (χ1) is 7.16. The summed E-state index contributed by atoms with van der Waals surface area (Å²) in [6.07, 6.45) is 3.92. The molecule has 2 nitrogen and oxygen atoms in total. The Kier molecular flexibility index (Phi) is 3.22.